The van der Waals surface area contributed by atoms with Crippen molar-refractivity contribution in [3.63, 3.8) is 0 Å². The van der Waals surface area contributed by atoms with Crippen molar-refractivity contribution in [2.45, 2.75) is 31.7 Å². The maximum atomic E-state index is 12.5. The number of sulfonamides is 1. The number of nitrogens with zero attached hydrogens (tertiary/aromatic N) is 1. The summed E-state index contributed by atoms with van der Waals surface area (Å²) < 4.78 is 24.7. The quantitative estimate of drug-likeness (QED) is 0.819. The molecule has 2 fully saturated rings. The van der Waals surface area contributed by atoms with E-state index in [1.54, 1.807) is 24.3 Å². The fraction of sp³-hybridized carbons (Fsp3) is 0.529. The van der Waals surface area contributed by atoms with E-state index in [-0.39, 0.29) is 23.8 Å². The molecule has 1 aromatic rings. The Balaban J connectivity index is 1.61. The summed E-state index contributed by atoms with van der Waals surface area (Å²) in [6.45, 7) is 0.788. The second kappa shape index (κ2) is 7.13. The van der Waals surface area contributed by atoms with Crippen molar-refractivity contribution >= 4 is 27.5 Å². The molecule has 2 aliphatic rings. The van der Waals surface area contributed by atoms with Crippen LogP contribution in [0.1, 0.15) is 36.0 Å². The number of rotatable bonds is 5. The van der Waals surface area contributed by atoms with E-state index in [0.717, 1.165) is 25.7 Å². The highest BCUT2D eigenvalue weighted by Crippen LogP contribution is 2.30. The zero-order valence-corrected chi connectivity index (χ0v) is 15.0. The first-order valence-electron chi connectivity index (χ1n) is 8.50. The Kier molecular flexibility index (Phi) is 5.10. The number of carbonyl (C=O) groups excluding carboxylic acids is 2. The Morgan fingerprint density at radius 2 is 1.96 bits per heavy atom. The van der Waals surface area contributed by atoms with Crippen molar-refractivity contribution in [1.29, 1.82) is 0 Å². The first kappa shape index (κ1) is 17.9. The van der Waals surface area contributed by atoms with Gasteiger partial charge in [-0.2, -0.15) is 0 Å². The third-order valence-electron chi connectivity index (χ3n) is 4.53. The van der Waals surface area contributed by atoms with Gasteiger partial charge in [-0.1, -0.05) is 6.07 Å². The largest absolute Gasteiger partial charge is 0.348 e. The summed E-state index contributed by atoms with van der Waals surface area (Å²) in [7, 11) is -3.25. The van der Waals surface area contributed by atoms with Gasteiger partial charge in [-0.25, -0.2) is 12.7 Å². The van der Waals surface area contributed by atoms with Gasteiger partial charge in [0.05, 0.1) is 6.26 Å². The molecule has 1 saturated heterocycles. The van der Waals surface area contributed by atoms with Crippen LogP contribution in [0.2, 0.25) is 0 Å². The fourth-order valence-electron chi connectivity index (χ4n) is 2.96. The van der Waals surface area contributed by atoms with Crippen LogP contribution in [0.3, 0.4) is 0 Å². The predicted octanol–water partition coefficient (Wildman–Crippen LogP) is 1.19. The van der Waals surface area contributed by atoms with Gasteiger partial charge < -0.3 is 10.6 Å². The van der Waals surface area contributed by atoms with Crippen molar-refractivity contribution in [3.05, 3.63) is 29.8 Å². The number of hydrogen-bond acceptors (Lipinski definition) is 4. The number of nitrogens with one attached hydrogen (secondary N) is 2. The number of anilines is 1. The Hall–Kier alpha value is -1.93. The van der Waals surface area contributed by atoms with E-state index in [2.05, 4.69) is 10.6 Å². The molecular formula is C17H23N3O4S. The molecule has 2 amide bonds. The van der Waals surface area contributed by atoms with Gasteiger partial charge in [0, 0.05) is 36.3 Å². The highest BCUT2D eigenvalue weighted by Gasteiger charge is 2.30. The molecule has 1 aromatic carbocycles. The van der Waals surface area contributed by atoms with Gasteiger partial charge in [-0.05, 0) is 43.9 Å². The van der Waals surface area contributed by atoms with Crippen LogP contribution in [0.4, 0.5) is 5.69 Å². The molecule has 1 aliphatic carbocycles. The number of piperidine rings is 1. The van der Waals surface area contributed by atoms with E-state index in [0.29, 0.717) is 24.3 Å². The lowest BCUT2D eigenvalue weighted by Crippen LogP contribution is -2.49. The van der Waals surface area contributed by atoms with Crippen molar-refractivity contribution in [1.82, 2.24) is 9.62 Å². The third-order valence-corrected chi connectivity index (χ3v) is 5.80. The first-order chi connectivity index (χ1) is 11.8. The Bertz CT molecular complexity index is 774. The smallest absolute Gasteiger partial charge is 0.251 e. The summed E-state index contributed by atoms with van der Waals surface area (Å²) in [6.07, 6.45) is 4.49. The minimum absolute atomic E-state index is 0.00590. The van der Waals surface area contributed by atoms with E-state index in [1.807, 2.05) is 0 Å². The minimum Gasteiger partial charge on any atom is -0.348 e. The molecular weight excluding hydrogens is 342 g/mol. The normalized spacial score (nSPS) is 21.6. The molecule has 0 bridgehead atoms. The summed E-state index contributed by atoms with van der Waals surface area (Å²) >= 11 is 0. The van der Waals surface area contributed by atoms with Gasteiger partial charge in [-0.15, -0.1) is 0 Å². The summed E-state index contributed by atoms with van der Waals surface area (Å²) in [5.41, 5.74) is 1.05. The second-order valence-electron chi connectivity index (χ2n) is 6.78. The summed E-state index contributed by atoms with van der Waals surface area (Å²) in [6, 6.07) is 6.59. The molecule has 1 atom stereocenters. The summed E-state index contributed by atoms with van der Waals surface area (Å²) in [5, 5.41) is 5.72. The van der Waals surface area contributed by atoms with Crippen LogP contribution in [0, 0.1) is 5.92 Å². The standard InChI is InChI=1S/C17H23N3O4S/c1-25(23,24)20-9-3-6-15(11-20)19-17(22)13-4-2-5-14(10-13)18-16(21)12-7-8-12/h2,4-5,10,12,15H,3,6-9,11H2,1H3,(H,18,21)(H,19,22)/t15-/m0/s1. The number of benzene rings is 1. The fourth-order valence-corrected chi connectivity index (χ4v) is 3.87. The number of hydrogen-bond donors (Lipinski definition) is 2. The van der Waals surface area contributed by atoms with Crippen LogP contribution in [-0.2, 0) is 14.8 Å². The van der Waals surface area contributed by atoms with E-state index in [4.69, 9.17) is 0 Å². The predicted molar refractivity (Wildman–Crippen MR) is 94.7 cm³/mol. The average Bonchev–Trinajstić information content (AvgIpc) is 3.39. The van der Waals surface area contributed by atoms with Crippen molar-refractivity contribution < 1.29 is 18.0 Å². The Morgan fingerprint density at radius 3 is 2.64 bits per heavy atom. The minimum atomic E-state index is -3.25. The monoisotopic (exact) mass is 365 g/mol. The van der Waals surface area contributed by atoms with E-state index >= 15 is 0 Å². The molecule has 2 N–H and O–H groups in total. The molecule has 0 spiro atoms. The molecule has 8 heteroatoms. The first-order valence-corrected chi connectivity index (χ1v) is 10.3. The maximum absolute atomic E-state index is 12.5. The Labute approximate surface area is 147 Å². The molecule has 0 aromatic heterocycles. The molecule has 3 rings (SSSR count). The van der Waals surface area contributed by atoms with Gasteiger partial charge in [0.2, 0.25) is 15.9 Å². The van der Waals surface area contributed by atoms with Crippen LogP contribution in [-0.4, -0.2) is 49.9 Å². The zero-order chi connectivity index (χ0) is 18.0. The second-order valence-corrected chi connectivity index (χ2v) is 8.76. The van der Waals surface area contributed by atoms with E-state index in [1.165, 1.54) is 10.6 Å². The average molecular weight is 365 g/mol. The molecule has 136 valence electrons. The number of amides is 2. The zero-order valence-electron chi connectivity index (χ0n) is 14.2. The SMILES string of the molecule is CS(=O)(=O)N1CCC[C@H](NC(=O)c2cccc(NC(=O)C3CC3)c2)C1. The molecule has 0 unspecified atom stereocenters. The van der Waals surface area contributed by atoms with Crippen LogP contribution in [0.15, 0.2) is 24.3 Å². The molecule has 1 aliphatic heterocycles. The molecule has 25 heavy (non-hydrogen) atoms. The lowest BCUT2D eigenvalue weighted by atomic mass is 10.1. The highest BCUT2D eigenvalue weighted by atomic mass is 32.2. The lowest BCUT2D eigenvalue weighted by molar-refractivity contribution is -0.117. The summed E-state index contributed by atoms with van der Waals surface area (Å²) in [4.78, 5) is 24.3. The van der Waals surface area contributed by atoms with Crippen molar-refractivity contribution in [3.8, 4) is 0 Å². The van der Waals surface area contributed by atoms with Gasteiger partial charge in [0.25, 0.3) is 5.91 Å². The van der Waals surface area contributed by atoms with Gasteiger partial charge in [-0.3, -0.25) is 9.59 Å². The van der Waals surface area contributed by atoms with E-state index in [9.17, 15) is 18.0 Å². The van der Waals surface area contributed by atoms with Gasteiger partial charge in [0.1, 0.15) is 0 Å². The van der Waals surface area contributed by atoms with Crippen LogP contribution >= 0.6 is 0 Å². The van der Waals surface area contributed by atoms with Gasteiger partial charge in [0.15, 0.2) is 0 Å². The van der Waals surface area contributed by atoms with Crippen molar-refractivity contribution in [2.24, 2.45) is 5.92 Å². The van der Waals surface area contributed by atoms with Crippen molar-refractivity contribution in [2.75, 3.05) is 24.7 Å². The molecule has 1 heterocycles. The Morgan fingerprint density at radius 1 is 1.20 bits per heavy atom. The molecule has 0 radical (unpaired) electrons. The van der Waals surface area contributed by atoms with Crippen LogP contribution in [0.5, 0.6) is 0 Å². The third kappa shape index (κ3) is 4.79. The van der Waals surface area contributed by atoms with E-state index < -0.39 is 10.0 Å². The topological polar surface area (TPSA) is 95.6 Å². The van der Waals surface area contributed by atoms with Gasteiger partial charge >= 0.3 is 0 Å². The highest BCUT2D eigenvalue weighted by molar-refractivity contribution is 7.88. The lowest BCUT2D eigenvalue weighted by Gasteiger charge is -2.31. The van der Waals surface area contributed by atoms with Crippen LogP contribution in [0.25, 0.3) is 0 Å². The summed E-state index contributed by atoms with van der Waals surface area (Å²) in [5.74, 6) is -0.168. The maximum Gasteiger partial charge on any atom is 0.251 e. The molecule has 1 saturated carbocycles. The number of carbonyl (C=O) groups is 2. The molecule has 7 nitrogen and oxygen atoms in total. The van der Waals surface area contributed by atoms with Crippen LogP contribution < -0.4 is 10.6 Å².